The van der Waals surface area contributed by atoms with Crippen LogP contribution in [0.3, 0.4) is 0 Å². The van der Waals surface area contributed by atoms with Crippen LogP contribution in [0.5, 0.6) is 0 Å². The topological polar surface area (TPSA) is 62.6 Å². The second-order valence-electron chi connectivity index (χ2n) is 7.13. The normalized spacial score (nSPS) is 18.1. The van der Waals surface area contributed by atoms with Gasteiger partial charge in [-0.15, -0.1) is 0 Å². The summed E-state index contributed by atoms with van der Waals surface area (Å²) in [5.41, 5.74) is 3.39. The summed E-state index contributed by atoms with van der Waals surface area (Å²) in [4.78, 5) is 19.6. The molecule has 0 bridgehead atoms. The molecule has 1 aromatic carbocycles. The zero-order valence-corrected chi connectivity index (χ0v) is 15.1. The number of benzene rings is 1. The smallest absolute Gasteiger partial charge is 0.233 e. The molecular weight excluding hydrogens is 336 g/mol. The fraction of sp³-hybridized carbons (Fsp3) is 0.286. The molecule has 1 atom stereocenters. The van der Waals surface area contributed by atoms with Crippen LogP contribution in [0.2, 0.25) is 0 Å². The van der Waals surface area contributed by atoms with E-state index < -0.39 is 0 Å². The van der Waals surface area contributed by atoms with Gasteiger partial charge < -0.3 is 4.98 Å². The number of fused-ring (bicyclic) bond motifs is 1. The minimum absolute atomic E-state index is 0.447. The lowest BCUT2D eigenvalue weighted by Gasteiger charge is -2.31. The van der Waals surface area contributed by atoms with Gasteiger partial charge in [0.1, 0.15) is 5.82 Å². The quantitative estimate of drug-likeness (QED) is 0.606. The van der Waals surface area contributed by atoms with Crippen molar-refractivity contribution in [2.24, 2.45) is 0 Å². The summed E-state index contributed by atoms with van der Waals surface area (Å²) in [6.45, 7) is 3.01. The molecule has 1 N–H and O–H groups in total. The van der Waals surface area contributed by atoms with E-state index in [9.17, 15) is 0 Å². The number of aromatic nitrogens is 5. The molecule has 0 saturated carbocycles. The number of hydrogen-bond donors (Lipinski definition) is 1. The summed E-state index contributed by atoms with van der Waals surface area (Å²) in [5, 5.41) is 0. The predicted octanol–water partition coefficient (Wildman–Crippen LogP) is 3.52. The molecule has 1 fully saturated rings. The molecule has 6 nitrogen and oxygen atoms in total. The van der Waals surface area contributed by atoms with E-state index in [2.05, 4.69) is 54.8 Å². The van der Waals surface area contributed by atoms with Gasteiger partial charge in [0, 0.05) is 43.3 Å². The van der Waals surface area contributed by atoms with E-state index in [0.717, 1.165) is 42.4 Å². The van der Waals surface area contributed by atoms with Crippen molar-refractivity contribution < 1.29 is 0 Å². The molecule has 27 heavy (non-hydrogen) atoms. The van der Waals surface area contributed by atoms with Gasteiger partial charge in [-0.1, -0.05) is 12.1 Å². The van der Waals surface area contributed by atoms with Crippen LogP contribution in [-0.4, -0.2) is 42.5 Å². The molecule has 3 aromatic heterocycles. The van der Waals surface area contributed by atoms with E-state index >= 15 is 0 Å². The molecule has 1 aliphatic heterocycles. The highest BCUT2D eigenvalue weighted by molar-refractivity contribution is 5.74. The number of imidazole rings is 1. The number of nitrogens with one attached hydrogen (secondary N) is 1. The first-order valence-corrected chi connectivity index (χ1v) is 9.47. The number of para-hydroxylation sites is 2. The lowest BCUT2D eigenvalue weighted by molar-refractivity contribution is 0.194. The van der Waals surface area contributed by atoms with Crippen molar-refractivity contribution >= 4 is 11.0 Å². The van der Waals surface area contributed by atoms with E-state index in [1.54, 1.807) is 12.4 Å². The van der Waals surface area contributed by atoms with Crippen molar-refractivity contribution in [1.29, 1.82) is 0 Å². The number of aromatic amines is 1. The Hall–Kier alpha value is -2.99. The average Bonchev–Trinajstić information content (AvgIpc) is 3.36. The molecule has 5 rings (SSSR count). The SMILES string of the molecule is c1cnc(-n2cccc2CN2CCCC(c3nc4ccccc4[nH]3)C2)nc1. The lowest BCUT2D eigenvalue weighted by Crippen LogP contribution is -2.34. The van der Waals surface area contributed by atoms with Crippen molar-refractivity contribution in [3.8, 4) is 5.95 Å². The highest BCUT2D eigenvalue weighted by Crippen LogP contribution is 2.27. The van der Waals surface area contributed by atoms with Crippen molar-refractivity contribution in [3.05, 3.63) is 72.6 Å². The van der Waals surface area contributed by atoms with Gasteiger partial charge in [-0.3, -0.25) is 9.47 Å². The number of hydrogen-bond acceptors (Lipinski definition) is 4. The summed E-state index contributed by atoms with van der Waals surface area (Å²) >= 11 is 0. The van der Waals surface area contributed by atoms with Crippen LogP contribution in [0.15, 0.2) is 61.1 Å². The van der Waals surface area contributed by atoms with Crippen molar-refractivity contribution in [1.82, 2.24) is 29.4 Å². The maximum atomic E-state index is 4.83. The number of nitrogens with zero attached hydrogens (tertiary/aromatic N) is 5. The third kappa shape index (κ3) is 3.24. The van der Waals surface area contributed by atoms with Crippen LogP contribution in [0, 0.1) is 0 Å². The van der Waals surface area contributed by atoms with Crippen LogP contribution in [0.1, 0.15) is 30.3 Å². The molecule has 4 aromatic rings. The number of rotatable bonds is 4. The zero-order chi connectivity index (χ0) is 18.1. The summed E-state index contributed by atoms with van der Waals surface area (Å²) in [6, 6.07) is 14.3. The molecule has 0 amide bonds. The third-order valence-electron chi connectivity index (χ3n) is 5.29. The maximum absolute atomic E-state index is 4.83. The predicted molar refractivity (Wildman–Crippen MR) is 105 cm³/mol. The summed E-state index contributed by atoms with van der Waals surface area (Å²) in [6.07, 6.45) is 7.96. The van der Waals surface area contributed by atoms with Gasteiger partial charge in [-0.05, 0) is 49.7 Å². The van der Waals surface area contributed by atoms with Gasteiger partial charge in [-0.2, -0.15) is 0 Å². The van der Waals surface area contributed by atoms with E-state index in [1.165, 1.54) is 18.5 Å². The standard InChI is InChI=1S/C21H22N6/c1-2-9-19-18(8-1)24-20(25-19)16-6-3-12-26(14-16)15-17-7-4-13-27(17)21-22-10-5-11-23-21/h1-2,4-5,7-11,13,16H,3,6,12,14-15H2,(H,24,25). The molecule has 6 heteroatoms. The molecular formula is C21H22N6. The van der Waals surface area contributed by atoms with E-state index in [4.69, 9.17) is 4.98 Å². The van der Waals surface area contributed by atoms with Gasteiger partial charge in [-0.25, -0.2) is 15.0 Å². The Bertz CT molecular complexity index is 1000. The Balaban J connectivity index is 1.34. The molecule has 1 aliphatic rings. The van der Waals surface area contributed by atoms with Crippen LogP contribution in [-0.2, 0) is 6.54 Å². The monoisotopic (exact) mass is 358 g/mol. The van der Waals surface area contributed by atoms with E-state index in [1.807, 2.05) is 18.3 Å². The van der Waals surface area contributed by atoms with Crippen molar-refractivity contribution in [2.45, 2.75) is 25.3 Å². The second-order valence-corrected chi connectivity index (χ2v) is 7.13. The fourth-order valence-electron chi connectivity index (χ4n) is 3.97. The first kappa shape index (κ1) is 16.2. The summed E-state index contributed by atoms with van der Waals surface area (Å²) in [7, 11) is 0. The van der Waals surface area contributed by atoms with Gasteiger partial charge in [0.2, 0.25) is 5.95 Å². The molecule has 4 heterocycles. The van der Waals surface area contributed by atoms with E-state index in [-0.39, 0.29) is 0 Å². The van der Waals surface area contributed by atoms with Gasteiger partial charge in [0.05, 0.1) is 11.0 Å². The molecule has 1 unspecified atom stereocenters. The van der Waals surface area contributed by atoms with Crippen LogP contribution in [0.25, 0.3) is 17.0 Å². The summed E-state index contributed by atoms with van der Waals surface area (Å²) in [5.74, 6) is 2.29. The minimum atomic E-state index is 0.447. The first-order valence-electron chi connectivity index (χ1n) is 9.47. The average molecular weight is 358 g/mol. The number of H-pyrrole nitrogens is 1. The number of likely N-dealkylation sites (tertiary alicyclic amines) is 1. The van der Waals surface area contributed by atoms with Crippen LogP contribution >= 0.6 is 0 Å². The van der Waals surface area contributed by atoms with Crippen LogP contribution in [0.4, 0.5) is 0 Å². The van der Waals surface area contributed by atoms with E-state index in [0.29, 0.717) is 5.92 Å². The largest absolute Gasteiger partial charge is 0.342 e. The Labute approximate surface area is 157 Å². The molecule has 0 spiro atoms. The fourth-order valence-corrected chi connectivity index (χ4v) is 3.97. The number of piperidine rings is 1. The third-order valence-corrected chi connectivity index (χ3v) is 5.29. The summed E-state index contributed by atoms with van der Waals surface area (Å²) < 4.78 is 2.07. The molecule has 0 aliphatic carbocycles. The van der Waals surface area contributed by atoms with Crippen molar-refractivity contribution in [2.75, 3.05) is 13.1 Å². The highest BCUT2D eigenvalue weighted by atomic mass is 15.2. The molecule has 136 valence electrons. The van der Waals surface area contributed by atoms with Gasteiger partial charge >= 0.3 is 0 Å². The van der Waals surface area contributed by atoms with Gasteiger partial charge in [0.25, 0.3) is 0 Å². The van der Waals surface area contributed by atoms with Crippen LogP contribution < -0.4 is 0 Å². The second kappa shape index (κ2) is 6.96. The minimum Gasteiger partial charge on any atom is -0.342 e. The lowest BCUT2D eigenvalue weighted by atomic mass is 9.97. The zero-order valence-electron chi connectivity index (χ0n) is 15.1. The van der Waals surface area contributed by atoms with Gasteiger partial charge in [0.15, 0.2) is 0 Å². The molecule has 1 saturated heterocycles. The highest BCUT2D eigenvalue weighted by Gasteiger charge is 2.24. The Morgan fingerprint density at radius 1 is 1.04 bits per heavy atom. The first-order chi connectivity index (χ1) is 13.4. The maximum Gasteiger partial charge on any atom is 0.233 e. The Morgan fingerprint density at radius 2 is 1.93 bits per heavy atom. The Kier molecular flexibility index (Phi) is 4.18. The molecule has 0 radical (unpaired) electrons. The Morgan fingerprint density at radius 3 is 2.81 bits per heavy atom. The van der Waals surface area contributed by atoms with Crippen molar-refractivity contribution in [3.63, 3.8) is 0 Å².